The van der Waals surface area contributed by atoms with Crippen LogP contribution in [0.3, 0.4) is 0 Å². The molecule has 0 aliphatic heterocycles. The van der Waals surface area contributed by atoms with Gasteiger partial charge in [-0.3, -0.25) is 4.79 Å². The summed E-state index contributed by atoms with van der Waals surface area (Å²) in [6, 6.07) is 18.0. The third kappa shape index (κ3) is 5.63. The fraction of sp³-hybridized carbons (Fsp3) is 0.364. The smallest absolute Gasteiger partial charge is 0.227 e. The van der Waals surface area contributed by atoms with Crippen LogP contribution in [0.2, 0.25) is 0 Å². The number of amides is 1. The Bertz CT molecular complexity index is 730. The van der Waals surface area contributed by atoms with Crippen LogP contribution < -0.4 is 9.64 Å². The van der Waals surface area contributed by atoms with Gasteiger partial charge in [-0.05, 0) is 55.2 Å². The predicted molar refractivity (Wildman–Crippen MR) is 104 cm³/mol. The van der Waals surface area contributed by atoms with Crippen LogP contribution in [0.1, 0.15) is 37.8 Å². The van der Waals surface area contributed by atoms with E-state index in [0.717, 1.165) is 23.4 Å². The topological polar surface area (TPSA) is 53.3 Å². The summed E-state index contributed by atoms with van der Waals surface area (Å²) < 4.78 is 5.45. The molecule has 0 fully saturated rings. The Labute approximate surface area is 156 Å². The molecule has 0 unspecified atom stereocenters. The lowest BCUT2D eigenvalue weighted by Gasteiger charge is -2.22. The number of hydrogen-bond acceptors (Lipinski definition) is 3. The molecule has 136 valence electrons. The SMILES string of the molecule is CCOc1ccc(N(CCC#N)C(=O)CCc2ccc(CC)cc2)cc1. The van der Waals surface area contributed by atoms with Crippen LogP contribution >= 0.6 is 0 Å². The highest BCUT2D eigenvalue weighted by molar-refractivity contribution is 5.93. The third-order valence-corrected chi connectivity index (χ3v) is 4.27. The van der Waals surface area contributed by atoms with Crippen molar-refractivity contribution in [3.8, 4) is 11.8 Å². The van der Waals surface area contributed by atoms with Crippen LogP contribution in [0, 0.1) is 11.3 Å². The Kier molecular flexibility index (Phi) is 7.70. The van der Waals surface area contributed by atoms with Crippen molar-refractivity contribution in [1.29, 1.82) is 5.26 Å². The molecule has 1 amide bonds. The molecule has 0 atom stereocenters. The van der Waals surface area contributed by atoms with Gasteiger partial charge in [-0.15, -0.1) is 0 Å². The first-order valence-electron chi connectivity index (χ1n) is 9.16. The van der Waals surface area contributed by atoms with E-state index < -0.39 is 0 Å². The molecular formula is C22H26N2O2. The van der Waals surface area contributed by atoms with Crippen LogP contribution in [0.4, 0.5) is 5.69 Å². The van der Waals surface area contributed by atoms with Crippen LogP contribution in [0.5, 0.6) is 5.75 Å². The summed E-state index contributed by atoms with van der Waals surface area (Å²) >= 11 is 0. The second kappa shape index (κ2) is 10.2. The number of aryl methyl sites for hydroxylation is 2. The second-order valence-corrected chi connectivity index (χ2v) is 6.05. The first-order valence-corrected chi connectivity index (χ1v) is 9.16. The molecule has 4 nitrogen and oxygen atoms in total. The van der Waals surface area contributed by atoms with Crippen molar-refractivity contribution in [2.24, 2.45) is 0 Å². The lowest BCUT2D eigenvalue weighted by Crippen LogP contribution is -2.32. The summed E-state index contributed by atoms with van der Waals surface area (Å²) in [5, 5.41) is 8.91. The normalized spacial score (nSPS) is 10.2. The molecule has 0 bridgehead atoms. The molecule has 0 saturated carbocycles. The Balaban J connectivity index is 2.04. The lowest BCUT2D eigenvalue weighted by atomic mass is 10.1. The lowest BCUT2D eigenvalue weighted by molar-refractivity contribution is -0.118. The zero-order valence-electron chi connectivity index (χ0n) is 15.6. The summed E-state index contributed by atoms with van der Waals surface area (Å²) in [5.41, 5.74) is 3.25. The molecule has 2 aromatic rings. The van der Waals surface area contributed by atoms with Gasteiger partial charge in [0.25, 0.3) is 0 Å². The number of rotatable bonds is 9. The Hall–Kier alpha value is -2.80. The first-order chi connectivity index (χ1) is 12.7. The number of anilines is 1. The van der Waals surface area contributed by atoms with Gasteiger partial charge in [0.1, 0.15) is 5.75 Å². The minimum absolute atomic E-state index is 0.0315. The van der Waals surface area contributed by atoms with Gasteiger partial charge in [0.05, 0.1) is 19.1 Å². The average molecular weight is 350 g/mol. The number of carbonyl (C=O) groups is 1. The highest BCUT2D eigenvalue weighted by atomic mass is 16.5. The van der Waals surface area contributed by atoms with E-state index >= 15 is 0 Å². The van der Waals surface area contributed by atoms with Crippen LogP contribution in [-0.4, -0.2) is 19.1 Å². The minimum atomic E-state index is 0.0315. The zero-order chi connectivity index (χ0) is 18.8. The molecule has 4 heteroatoms. The average Bonchev–Trinajstić information content (AvgIpc) is 2.68. The van der Waals surface area contributed by atoms with Crippen molar-refractivity contribution in [3.63, 3.8) is 0 Å². The number of hydrogen-bond donors (Lipinski definition) is 0. The number of benzene rings is 2. The number of nitriles is 1. The molecule has 2 aromatic carbocycles. The summed E-state index contributed by atoms with van der Waals surface area (Å²) in [7, 11) is 0. The molecule has 0 N–H and O–H groups in total. The van der Waals surface area contributed by atoms with Crippen molar-refractivity contribution < 1.29 is 9.53 Å². The minimum Gasteiger partial charge on any atom is -0.494 e. The highest BCUT2D eigenvalue weighted by Gasteiger charge is 2.15. The fourth-order valence-electron chi connectivity index (χ4n) is 2.78. The molecule has 0 aromatic heterocycles. The predicted octanol–water partition coefficient (Wildman–Crippen LogP) is 4.53. The van der Waals surface area contributed by atoms with Crippen LogP contribution in [0.25, 0.3) is 0 Å². The van der Waals surface area contributed by atoms with Gasteiger partial charge in [-0.1, -0.05) is 31.2 Å². The number of nitrogens with zero attached hydrogens (tertiary/aromatic N) is 2. The second-order valence-electron chi connectivity index (χ2n) is 6.05. The number of ether oxygens (including phenoxy) is 1. The van der Waals surface area contributed by atoms with E-state index in [-0.39, 0.29) is 5.91 Å². The summed E-state index contributed by atoms with van der Waals surface area (Å²) in [4.78, 5) is 14.4. The van der Waals surface area contributed by atoms with Crippen molar-refractivity contribution >= 4 is 11.6 Å². The Morgan fingerprint density at radius 3 is 2.27 bits per heavy atom. The first kappa shape index (κ1) is 19.5. The summed E-state index contributed by atoms with van der Waals surface area (Å²) in [6.07, 6.45) is 2.44. The molecule has 0 saturated heterocycles. The van der Waals surface area contributed by atoms with Gasteiger partial charge in [-0.2, -0.15) is 5.26 Å². The molecule has 26 heavy (non-hydrogen) atoms. The molecule has 0 aliphatic carbocycles. The van der Waals surface area contributed by atoms with Gasteiger partial charge in [0, 0.05) is 18.7 Å². The van der Waals surface area contributed by atoms with E-state index in [1.54, 1.807) is 4.90 Å². The van der Waals surface area contributed by atoms with Crippen LogP contribution in [-0.2, 0) is 17.6 Å². The molecular weight excluding hydrogens is 324 g/mol. The monoisotopic (exact) mass is 350 g/mol. The van der Waals surface area contributed by atoms with Gasteiger partial charge in [0.15, 0.2) is 0 Å². The Morgan fingerprint density at radius 1 is 1.04 bits per heavy atom. The molecule has 0 heterocycles. The third-order valence-electron chi connectivity index (χ3n) is 4.27. The summed E-state index contributed by atoms with van der Waals surface area (Å²) in [6.45, 7) is 5.07. The highest BCUT2D eigenvalue weighted by Crippen LogP contribution is 2.21. The summed E-state index contributed by atoms with van der Waals surface area (Å²) in [5.74, 6) is 0.809. The van der Waals surface area contributed by atoms with E-state index in [2.05, 4.69) is 37.3 Å². The number of carbonyl (C=O) groups excluding carboxylic acids is 1. The molecule has 0 aliphatic rings. The van der Waals surface area contributed by atoms with E-state index in [9.17, 15) is 4.79 Å². The van der Waals surface area contributed by atoms with Gasteiger partial charge < -0.3 is 9.64 Å². The van der Waals surface area contributed by atoms with E-state index in [4.69, 9.17) is 10.00 Å². The van der Waals surface area contributed by atoms with Crippen molar-refractivity contribution in [2.45, 2.75) is 39.5 Å². The van der Waals surface area contributed by atoms with E-state index in [1.165, 1.54) is 5.56 Å². The molecule has 2 rings (SSSR count). The Morgan fingerprint density at radius 2 is 1.69 bits per heavy atom. The zero-order valence-corrected chi connectivity index (χ0v) is 15.6. The maximum absolute atomic E-state index is 12.7. The van der Waals surface area contributed by atoms with E-state index in [0.29, 0.717) is 32.4 Å². The molecule has 0 spiro atoms. The van der Waals surface area contributed by atoms with Crippen LogP contribution in [0.15, 0.2) is 48.5 Å². The van der Waals surface area contributed by atoms with Gasteiger partial charge in [0.2, 0.25) is 5.91 Å². The van der Waals surface area contributed by atoms with Gasteiger partial charge in [-0.25, -0.2) is 0 Å². The maximum Gasteiger partial charge on any atom is 0.227 e. The fourth-order valence-corrected chi connectivity index (χ4v) is 2.78. The largest absolute Gasteiger partial charge is 0.494 e. The molecule has 0 radical (unpaired) electrons. The maximum atomic E-state index is 12.7. The van der Waals surface area contributed by atoms with Crippen molar-refractivity contribution in [3.05, 3.63) is 59.7 Å². The van der Waals surface area contributed by atoms with Crippen molar-refractivity contribution in [1.82, 2.24) is 0 Å². The van der Waals surface area contributed by atoms with E-state index in [1.807, 2.05) is 31.2 Å². The van der Waals surface area contributed by atoms with Crippen molar-refractivity contribution in [2.75, 3.05) is 18.1 Å². The quantitative estimate of drug-likeness (QED) is 0.668. The van der Waals surface area contributed by atoms with Gasteiger partial charge >= 0.3 is 0 Å². The standard InChI is InChI=1S/C22H26N2O2/c1-3-18-6-8-19(9-7-18)10-15-22(25)24(17-5-16-23)20-11-13-21(14-12-20)26-4-2/h6-9,11-14H,3-5,10,15,17H2,1-2H3.